The van der Waals surface area contributed by atoms with E-state index in [9.17, 15) is 0 Å². The largest absolute Gasteiger partial charge is 0.368 e. The molecule has 1 aliphatic heterocycles. The highest BCUT2D eigenvalue weighted by atomic mass is 15.0. The van der Waals surface area contributed by atoms with Crippen molar-refractivity contribution in [2.45, 2.75) is 0 Å². The maximum Gasteiger partial charge on any atom is 0.142 e. The number of allylic oxidation sites excluding steroid dienone is 2. The van der Waals surface area contributed by atoms with Gasteiger partial charge in [-0.3, -0.25) is 0 Å². The van der Waals surface area contributed by atoms with Crippen molar-refractivity contribution in [3.8, 4) is 6.07 Å². The molecule has 1 aromatic heterocycles. The van der Waals surface area contributed by atoms with Gasteiger partial charge in [-0.05, 0) is 30.4 Å². The minimum atomic E-state index is 0.397. The van der Waals surface area contributed by atoms with Gasteiger partial charge in [0, 0.05) is 24.2 Å². The molecule has 2 heterocycles. The average molecular weight is 210 g/mol. The Balaban J connectivity index is 2.41. The van der Waals surface area contributed by atoms with Gasteiger partial charge >= 0.3 is 0 Å². The van der Waals surface area contributed by atoms with E-state index in [0.717, 1.165) is 5.56 Å². The van der Waals surface area contributed by atoms with Gasteiger partial charge in [0.05, 0.1) is 0 Å². The molecule has 0 aliphatic carbocycles. The van der Waals surface area contributed by atoms with Gasteiger partial charge in [0.15, 0.2) is 0 Å². The molecule has 4 nitrogen and oxygen atoms in total. The molecule has 0 radical (unpaired) electrons. The number of fused-ring (bicyclic) bond motifs is 1. The Kier molecular flexibility index (Phi) is 3.00. The fourth-order valence-corrected chi connectivity index (χ4v) is 1.27. The first-order valence-electron chi connectivity index (χ1n) is 4.82. The number of nitriles is 1. The van der Waals surface area contributed by atoms with Gasteiger partial charge in [0.2, 0.25) is 0 Å². The van der Waals surface area contributed by atoms with Gasteiger partial charge in [-0.1, -0.05) is 0 Å². The summed E-state index contributed by atoms with van der Waals surface area (Å²) in [6.07, 6.45) is 11.0. The summed E-state index contributed by atoms with van der Waals surface area (Å²) in [4.78, 5) is 4.18. The third-order valence-corrected chi connectivity index (χ3v) is 2.02. The van der Waals surface area contributed by atoms with Crippen molar-refractivity contribution in [1.29, 1.82) is 5.26 Å². The van der Waals surface area contributed by atoms with Gasteiger partial charge < -0.3 is 10.6 Å². The second-order valence-corrected chi connectivity index (χ2v) is 3.11. The predicted octanol–water partition coefficient (Wildman–Crippen LogP) is 1.97. The molecule has 1 aromatic rings. The highest BCUT2D eigenvalue weighted by molar-refractivity contribution is 5.64. The fraction of sp³-hybridized carbons (Fsp3) is 0. The average Bonchev–Trinajstić information content (AvgIpc) is 2.34. The number of anilines is 1. The van der Waals surface area contributed by atoms with E-state index < -0.39 is 0 Å². The summed E-state index contributed by atoms with van der Waals surface area (Å²) in [5.41, 5.74) is 1.32. The molecule has 16 heavy (non-hydrogen) atoms. The lowest BCUT2D eigenvalue weighted by atomic mass is 10.2. The molecular formula is C12H10N4. The van der Waals surface area contributed by atoms with Crippen molar-refractivity contribution in [3.63, 3.8) is 0 Å². The van der Waals surface area contributed by atoms with Crippen LogP contribution in [0.15, 0.2) is 42.9 Å². The first kappa shape index (κ1) is 9.99. The van der Waals surface area contributed by atoms with Crippen LogP contribution in [-0.4, -0.2) is 4.98 Å². The van der Waals surface area contributed by atoms with E-state index in [4.69, 9.17) is 5.26 Å². The van der Waals surface area contributed by atoms with Crippen LogP contribution in [0.2, 0.25) is 0 Å². The van der Waals surface area contributed by atoms with Crippen molar-refractivity contribution in [1.82, 2.24) is 10.3 Å². The molecule has 4 heteroatoms. The van der Waals surface area contributed by atoms with Gasteiger partial charge in [-0.15, -0.1) is 0 Å². The summed E-state index contributed by atoms with van der Waals surface area (Å²) in [5, 5.41) is 14.8. The zero-order valence-corrected chi connectivity index (χ0v) is 8.51. The maximum atomic E-state index is 8.77. The normalized spacial score (nSPS) is 19.2. The van der Waals surface area contributed by atoms with Crippen LogP contribution in [0.25, 0.3) is 6.08 Å². The van der Waals surface area contributed by atoms with E-state index in [1.54, 1.807) is 12.3 Å². The Bertz CT molecular complexity index is 506. The zero-order chi connectivity index (χ0) is 11.2. The highest BCUT2D eigenvalue weighted by Crippen LogP contribution is 2.15. The lowest BCUT2D eigenvalue weighted by Crippen LogP contribution is -1.99. The van der Waals surface area contributed by atoms with Crippen molar-refractivity contribution in [2.24, 2.45) is 0 Å². The summed E-state index contributed by atoms with van der Waals surface area (Å²) in [7, 11) is 0. The van der Waals surface area contributed by atoms with E-state index in [0.29, 0.717) is 11.5 Å². The lowest BCUT2D eigenvalue weighted by molar-refractivity contribution is 1.20. The predicted molar refractivity (Wildman–Crippen MR) is 63.0 cm³/mol. The van der Waals surface area contributed by atoms with Crippen LogP contribution in [0.3, 0.4) is 0 Å². The van der Waals surface area contributed by atoms with E-state index in [1.165, 1.54) is 0 Å². The number of rotatable bonds is 0. The molecule has 0 atom stereocenters. The number of hydrogen-bond acceptors (Lipinski definition) is 4. The monoisotopic (exact) mass is 210 g/mol. The van der Waals surface area contributed by atoms with Crippen LogP contribution >= 0.6 is 0 Å². The summed E-state index contributed by atoms with van der Waals surface area (Å²) in [5.74, 6) is 0.670. The second kappa shape index (κ2) is 4.80. The zero-order valence-electron chi connectivity index (χ0n) is 8.51. The number of pyridine rings is 1. The van der Waals surface area contributed by atoms with E-state index in [2.05, 4.69) is 15.6 Å². The molecule has 0 amide bonds. The van der Waals surface area contributed by atoms with Gasteiger partial charge in [0.1, 0.15) is 17.6 Å². The number of nitrogens with one attached hydrogen (secondary N) is 2. The minimum absolute atomic E-state index is 0.397. The topological polar surface area (TPSA) is 60.7 Å². The molecule has 78 valence electrons. The second-order valence-electron chi connectivity index (χ2n) is 3.11. The van der Waals surface area contributed by atoms with E-state index in [-0.39, 0.29) is 0 Å². The molecule has 0 fully saturated rings. The highest BCUT2D eigenvalue weighted by Gasteiger charge is 2.01. The van der Waals surface area contributed by atoms with Gasteiger partial charge in [-0.2, -0.15) is 5.26 Å². The molecule has 0 bridgehead atoms. The molecule has 0 saturated heterocycles. The van der Waals surface area contributed by atoms with Crippen LogP contribution in [-0.2, 0) is 0 Å². The first-order valence-corrected chi connectivity index (χ1v) is 4.82. The van der Waals surface area contributed by atoms with Crippen molar-refractivity contribution >= 4 is 11.9 Å². The van der Waals surface area contributed by atoms with Crippen LogP contribution in [0.4, 0.5) is 5.82 Å². The summed E-state index contributed by atoms with van der Waals surface area (Å²) < 4.78 is 0. The molecule has 0 unspecified atom stereocenters. The fourth-order valence-electron chi connectivity index (χ4n) is 1.27. The number of nitrogens with zero attached hydrogens (tertiary/aromatic N) is 2. The van der Waals surface area contributed by atoms with Crippen molar-refractivity contribution < 1.29 is 0 Å². The standard InChI is InChI=1S/C12H10N4/c13-9-11-4-3-10-5-8-14-6-1-2-7-15-12(10)16-11/h1-8,14H,(H,15,16)/b6-1-,7-2-,8-5-. The van der Waals surface area contributed by atoms with Crippen LogP contribution in [0, 0.1) is 11.3 Å². The van der Waals surface area contributed by atoms with Crippen LogP contribution in [0.5, 0.6) is 0 Å². The molecule has 0 spiro atoms. The molecule has 2 rings (SSSR count). The Morgan fingerprint density at radius 3 is 2.88 bits per heavy atom. The van der Waals surface area contributed by atoms with Crippen molar-refractivity contribution in [2.75, 3.05) is 5.32 Å². The van der Waals surface area contributed by atoms with E-state index in [1.807, 2.05) is 42.8 Å². The Morgan fingerprint density at radius 1 is 1.12 bits per heavy atom. The molecule has 0 aromatic carbocycles. The SMILES string of the molecule is N#Cc1ccc2c(n1)N/C=C\C=C/N/C=C\2. The quantitative estimate of drug-likeness (QED) is 0.687. The smallest absolute Gasteiger partial charge is 0.142 e. The Hall–Kier alpha value is -2.54. The molecule has 2 N–H and O–H groups in total. The Labute approximate surface area is 93.6 Å². The van der Waals surface area contributed by atoms with E-state index >= 15 is 0 Å². The first-order chi connectivity index (χ1) is 7.90. The third kappa shape index (κ3) is 2.28. The lowest BCUT2D eigenvalue weighted by Gasteiger charge is -2.05. The molecule has 0 saturated carbocycles. The minimum Gasteiger partial charge on any atom is -0.368 e. The van der Waals surface area contributed by atoms with Gasteiger partial charge in [0.25, 0.3) is 0 Å². The van der Waals surface area contributed by atoms with Crippen molar-refractivity contribution in [3.05, 3.63) is 54.1 Å². The third-order valence-electron chi connectivity index (χ3n) is 2.02. The van der Waals surface area contributed by atoms with Crippen LogP contribution in [0.1, 0.15) is 11.3 Å². The summed E-state index contributed by atoms with van der Waals surface area (Å²) >= 11 is 0. The summed E-state index contributed by atoms with van der Waals surface area (Å²) in [6.45, 7) is 0. The maximum absolute atomic E-state index is 8.77. The van der Waals surface area contributed by atoms with Gasteiger partial charge in [-0.25, -0.2) is 4.98 Å². The Morgan fingerprint density at radius 2 is 2.00 bits per heavy atom. The number of aromatic nitrogens is 1. The summed E-state index contributed by atoms with van der Waals surface area (Å²) in [6, 6.07) is 5.56. The molecular weight excluding hydrogens is 200 g/mol. The molecule has 1 aliphatic rings. The van der Waals surface area contributed by atoms with Crippen LogP contribution < -0.4 is 10.6 Å². The number of hydrogen-bond donors (Lipinski definition) is 2.